The Morgan fingerprint density at radius 1 is 1.57 bits per heavy atom. The highest BCUT2D eigenvalue weighted by molar-refractivity contribution is 7.99. The number of aromatic nitrogens is 2. The Morgan fingerprint density at radius 3 is 3.21 bits per heavy atom. The van der Waals surface area contributed by atoms with E-state index in [2.05, 4.69) is 9.97 Å². The van der Waals surface area contributed by atoms with Crippen LogP contribution in [0.15, 0.2) is 23.4 Å². The fraction of sp³-hybridized carbons (Fsp3) is 0.222. The Morgan fingerprint density at radius 2 is 2.43 bits per heavy atom. The zero-order valence-corrected chi connectivity index (χ0v) is 8.60. The number of nitrogens with zero attached hydrogens (tertiary/aromatic N) is 1. The van der Waals surface area contributed by atoms with Gasteiger partial charge in [0.25, 0.3) is 0 Å². The van der Waals surface area contributed by atoms with E-state index in [-0.39, 0.29) is 0 Å². The number of ether oxygens (including phenoxy) is 1. The third-order valence-corrected chi connectivity index (χ3v) is 2.62. The van der Waals surface area contributed by atoms with Gasteiger partial charge in [0, 0.05) is 12.8 Å². The van der Waals surface area contributed by atoms with Gasteiger partial charge in [-0.25, -0.2) is 4.98 Å². The maximum Gasteiger partial charge on any atom is 0.168 e. The van der Waals surface area contributed by atoms with Crippen molar-refractivity contribution in [1.29, 1.82) is 0 Å². The summed E-state index contributed by atoms with van der Waals surface area (Å²) in [6, 6.07) is 5.62. The van der Waals surface area contributed by atoms with E-state index in [1.165, 1.54) is 11.8 Å². The maximum atomic E-state index is 5.65. The summed E-state index contributed by atoms with van der Waals surface area (Å²) in [7, 11) is 1.66. The number of methoxy groups -OCH3 is 1. The quantitative estimate of drug-likeness (QED) is 0.460. The van der Waals surface area contributed by atoms with E-state index in [9.17, 15) is 0 Å². The molecule has 1 heterocycles. The maximum absolute atomic E-state index is 5.65. The van der Waals surface area contributed by atoms with E-state index in [0.29, 0.717) is 5.94 Å². The van der Waals surface area contributed by atoms with Crippen LogP contribution in [0.3, 0.4) is 0 Å². The number of anilines is 1. The Hall–Kier alpha value is -1.20. The van der Waals surface area contributed by atoms with Gasteiger partial charge in [-0.2, -0.15) is 0 Å². The van der Waals surface area contributed by atoms with E-state index in [1.807, 2.05) is 18.2 Å². The Bertz CT molecular complexity index is 441. The standard InChI is InChI=1S/C9H11N3OS/c1-13-5-14-9-11-7-3-2-6(10)4-8(7)12-9/h2-4H,5,10H2,1H3,(H,11,12). The molecule has 3 N–H and O–H groups in total. The molecule has 1 aromatic carbocycles. The van der Waals surface area contributed by atoms with E-state index in [1.54, 1.807) is 7.11 Å². The van der Waals surface area contributed by atoms with Crippen molar-refractivity contribution in [1.82, 2.24) is 9.97 Å². The first-order chi connectivity index (χ1) is 6.79. The molecule has 1 aromatic heterocycles. The predicted molar refractivity (Wildman–Crippen MR) is 58.2 cm³/mol. The first kappa shape index (κ1) is 9.36. The molecule has 0 saturated heterocycles. The van der Waals surface area contributed by atoms with Crippen LogP contribution in [0.5, 0.6) is 0 Å². The Balaban J connectivity index is 2.32. The molecule has 4 nitrogen and oxygen atoms in total. The molecule has 2 aromatic rings. The topological polar surface area (TPSA) is 63.9 Å². The zero-order chi connectivity index (χ0) is 9.97. The second-order valence-corrected chi connectivity index (χ2v) is 3.78. The molecule has 0 spiro atoms. The molecular formula is C9H11N3OS. The lowest BCUT2D eigenvalue weighted by Gasteiger charge is -1.92. The minimum Gasteiger partial charge on any atom is -0.399 e. The van der Waals surface area contributed by atoms with E-state index >= 15 is 0 Å². The van der Waals surface area contributed by atoms with Crippen LogP contribution in [-0.4, -0.2) is 23.0 Å². The molecule has 0 atom stereocenters. The molecule has 0 amide bonds. The summed E-state index contributed by atoms with van der Waals surface area (Å²) in [6.07, 6.45) is 0. The molecule has 2 rings (SSSR count). The van der Waals surface area contributed by atoms with Crippen LogP contribution in [0.25, 0.3) is 11.0 Å². The van der Waals surface area contributed by atoms with Gasteiger partial charge in [-0.15, -0.1) is 0 Å². The summed E-state index contributed by atoms with van der Waals surface area (Å²) in [5, 5.41) is 0.854. The van der Waals surface area contributed by atoms with Gasteiger partial charge in [-0.1, -0.05) is 11.8 Å². The number of nitrogens with two attached hydrogens (primary N) is 1. The predicted octanol–water partition coefficient (Wildman–Crippen LogP) is 1.84. The molecule has 5 heteroatoms. The van der Waals surface area contributed by atoms with Crippen LogP contribution in [0.4, 0.5) is 5.69 Å². The van der Waals surface area contributed by atoms with Crippen LogP contribution in [-0.2, 0) is 4.74 Å². The third kappa shape index (κ3) is 1.83. The van der Waals surface area contributed by atoms with Gasteiger partial charge < -0.3 is 15.5 Å². The number of hydrogen-bond donors (Lipinski definition) is 2. The van der Waals surface area contributed by atoms with Crippen LogP contribution < -0.4 is 5.73 Å². The van der Waals surface area contributed by atoms with Gasteiger partial charge in [0.05, 0.1) is 17.0 Å². The van der Waals surface area contributed by atoms with E-state index in [4.69, 9.17) is 10.5 Å². The number of nitrogens with one attached hydrogen (secondary N) is 1. The van der Waals surface area contributed by atoms with Crippen molar-refractivity contribution in [3.8, 4) is 0 Å². The number of nitrogen functional groups attached to an aromatic ring is 1. The summed E-state index contributed by atoms with van der Waals surface area (Å²) in [6.45, 7) is 0. The molecule has 0 fully saturated rings. The van der Waals surface area contributed by atoms with Crippen LogP contribution in [0.1, 0.15) is 0 Å². The molecule has 0 aliphatic carbocycles. The van der Waals surface area contributed by atoms with Gasteiger partial charge in [-0.05, 0) is 18.2 Å². The second kappa shape index (κ2) is 3.89. The first-order valence-electron chi connectivity index (χ1n) is 4.16. The van der Waals surface area contributed by atoms with Crippen molar-refractivity contribution in [3.63, 3.8) is 0 Å². The van der Waals surface area contributed by atoms with Gasteiger partial charge >= 0.3 is 0 Å². The average Bonchev–Trinajstić information content (AvgIpc) is 2.56. The largest absolute Gasteiger partial charge is 0.399 e. The summed E-state index contributed by atoms with van der Waals surface area (Å²) >= 11 is 1.52. The summed E-state index contributed by atoms with van der Waals surface area (Å²) in [5.41, 5.74) is 8.28. The van der Waals surface area contributed by atoms with E-state index < -0.39 is 0 Å². The number of fused-ring (bicyclic) bond motifs is 1. The number of thioether (sulfide) groups is 1. The fourth-order valence-corrected chi connectivity index (χ4v) is 1.76. The van der Waals surface area contributed by atoms with E-state index in [0.717, 1.165) is 21.9 Å². The number of benzene rings is 1. The minimum atomic E-state index is 0.593. The van der Waals surface area contributed by atoms with Crippen LogP contribution in [0.2, 0.25) is 0 Å². The molecule has 0 unspecified atom stereocenters. The summed E-state index contributed by atoms with van der Waals surface area (Å²) in [4.78, 5) is 7.53. The van der Waals surface area contributed by atoms with Gasteiger partial charge in [0.1, 0.15) is 0 Å². The average molecular weight is 209 g/mol. The highest BCUT2D eigenvalue weighted by Gasteiger charge is 2.02. The second-order valence-electron chi connectivity index (χ2n) is 2.87. The molecule has 0 bridgehead atoms. The van der Waals surface area contributed by atoms with Crippen LogP contribution in [0, 0.1) is 0 Å². The van der Waals surface area contributed by atoms with Crippen molar-refractivity contribution in [3.05, 3.63) is 18.2 Å². The van der Waals surface area contributed by atoms with Gasteiger partial charge in [-0.3, -0.25) is 0 Å². The zero-order valence-electron chi connectivity index (χ0n) is 7.78. The lowest BCUT2D eigenvalue weighted by atomic mass is 10.3. The number of aromatic amines is 1. The molecule has 0 aliphatic heterocycles. The normalized spacial score (nSPS) is 10.9. The highest BCUT2D eigenvalue weighted by Crippen LogP contribution is 2.20. The van der Waals surface area contributed by atoms with Crippen molar-refractivity contribution < 1.29 is 4.74 Å². The van der Waals surface area contributed by atoms with Crippen LogP contribution >= 0.6 is 11.8 Å². The Labute approximate surface area is 85.8 Å². The van der Waals surface area contributed by atoms with Crippen molar-refractivity contribution in [2.24, 2.45) is 0 Å². The highest BCUT2D eigenvalue weighted by atomic mass is 32.2. The van der Waals surface area contributed by atoms with Crippen molar-refractivity contribution in [2.75, 3.05) is 18.8 Å². The molecule has 0 radical (unpaired) electrons. The summed E-state index contributed by atoms with van der Waals surface area (Å²) in [5.74, 6) is 0.593. The third-order valence-electron chi connectivity index (χ3n) is 1.80. The molecule has 0 aliphatic rings. The smallest absolute Gasteiger partial charge is 0.168 e. The SMILES string of the molecule is COCSc1nc2ccc(N)cc2[nH]1. The Kier molecular flexibility index (Phi) is 2.60. The molecular weight excluding hydrogens is 198 g/mol. The van der Waals surface area contributed by atoms with Gasteiger partial charge in [0.15, 0.2) is 5.16 Å². The molecule has 14 heavy (non-hydrogen) atoms. The molecule has 74 valence electrons. The molecule has 0 saturated carbocycles. The number of hydrogen-bond acceptors (Lipinski definition) is 4. The van der Waals surface area contributed by atoms with Crippen molar-refractivity contribution in [2.45, 2.75) is 5.16 Å². The monoisotopic (exact) mass is 209 g/mol. The summed E-state index contributed by atoms with van der Waals surface area (Å²) < 4.78 is 4.94. The van der Waals surface area contributed by atoms with Crippen molar-refractivity contribution >= 4 is 28.5 Å². The number of imidazole rings is 1. The lowest BCUT2D eigenvalue weighted by molar-refractivity contribution is 0.258. The fourth-order valence-electron chi connectivity index (χ4n) is 1.19. The number of H-pyrrole nitrogens is 1. The number of rotatable bonds is 3. The lowest BCUT2D eigenvalue weighted by Crippen LogP contribution is -1.82. The first-order valence-corrected chi connectivity index (χ1v) is 5.15. The minimum absolute atomic E-state index is 0.593. The van der Waals surface area contributed by atoms with Gasteiger partial charge in [0.2, 0.25) is 0 Å².